The van der Waals surface area contributed by atoms with Crippen LogP contribution in [0.3, 0.4) is 0 Å². The van der Waals surface area contributed by atoms with Crippen molar-refractivity contribution in [1.82, 2.24) is 0 Å². The summed E-state index contributed by atoms with van der Waals surface area (Å²) in [6.07, 6.45) is 0.819. The highest BCUT2D eigenvalue weighted by molar-refractivity contribution is 6.12. The van der Waals surface area contributed by atoms with Gasteiger partial charge in [0.05, 0.1) is 13.7 Å². The first kappa shape index (κ1) is 31.7. The molecular formula is C36H35FN2O5. The van der Waals surface area contributed by atoms with E-state index in [0.29, 0.717) is 59.8 Å². The van der Waals surface area contributed by atoms with E-state index in [-0.39, 0.29) is 11.7 Å². The van der Waals surface area contributed by atoms with Gasteiger partial charge in [0.15, 0.2) is 5.78 Å². The molecule has 7 nitrogen and oxygen atoms in total. The van der Waals surface area contributed by atoms with Crippen molar-refractivity contribution < 1.29 is 28.2 Å². The lowest BCUT2D eigenvalue weighted by Gasteiger charge is -2.23. The zero-order valence-electron chi connectivity index (χ0n) is 24.8. The van der Waals surface area contributed by atoms with Gasteiger partial charge in [0.2, 0.25) is 0 Å². The Kier molecular flexibility index (Phi) is 11.0. The minimum atomic E-state index is -0.740. The lowest BCUT2D eigenvalue weighted by molar-refractivity contribution is -0.141. The Hall–Kier alpha value is -5.24. The molecule has 4 aromatic carbocycles. The second-order valence-electron chi connectivity index (χ2n) is 10.2. The van der Waals surface area contributed by atoms with Crippen LogP contribution in [0, 0.1) is 5.82 Å². The maximum atomic E-state index is 13.8. The van der Waals surface area contributed by atoms with E-state index < -0.39 is 17.8 Å². The topological polar surface area (TPSA) is 84.9 Å². The smallest absolute Gasteiger partial charge is 0.328 e. The first-order valence-corrected chi connectivity index (χ1v) is 14.2. The van der Waals surface area contributed by atoms with E-state index in [1.54, 1.807) is 79.7 Å². The number of ketones is 1. The molecule has 0 unspecified atom stereocenters. The Morgan fingerprint density at radius 1 is 0.909 bits per heavy atom. The molecule has 4 aromatic rings. The van der Waals surface area contributed by atoms with Crippen LogP contribution >= 0.6 is 0 Å². The number of ether oxygens (including phenoxy) is 2. The van der Waals surface area contributed by atoms with Crippen LogP contribution in [0.2, 0.25) is 0 Å². The van der Waals surface area contributed by atoms with Gasteiger partial charge in [-0.1, -0.05) is 67.2 Å². The van der Waals surface area contributed by atoms with Crippen molar-refractivity contribution in [3.63, 3.8) is 0 Å². The van der Waals surface area contributed by atoms with Gasteiger partial charge in [-0.25, -0.2) is 9.18 Å². The fraction of sp³-hybridized carbons (Fsp3) is 0.194. The average molecular weight is 595 g/mol. The number of nitrogens with zero attached hydrogens (tertiary/aromatic N) is 1. The Bertz CT molecular complexity index is 1600. The summed E-state index contributed by atoms with van der Waals surface area (Å²) in [6.45, 7) is 6.00. The number of methoxy groups -OCH3 is 1. The maximum Gasteiger partial charge on any atom is 0.328 e. The SMILES string of the molecule is C=C(C)C(=O)N(CCCOc1ccc(C[C@H](Nc2ccccc2C(=O)c2ccccc2)C(=O)OC)cc1)c1cccc(F)c1. The minimum absolute atomic E-state index is 0.151. The van der Waals surface area contributed by atoms with Gasteiger partial charge in [-0.05, 0) is 61.4 Å². The molecular weight excluding hydrogens is 559 g/mol. The number of hydrogen-bond acceptors (Lipinski definition) is 6. The van der Waals surface area contributed by atoms with Crippen molar-refractivity contribution in [2.45, 2.75) is 25.8 Å². The Labute approximate surface area is 256 Å². The molecule has 0 aliphatic rings. The molecule has 4 rings (SSSR count). The number of hydrogen-bond donors (Lipinski definition) is 1. The summed E-state index contributed by atoms with van der Waals surface area (Å²) in [4.78, 5) is 40.0. The molecule has 0 saturated carbocycles. The molecule has 1 N–H and O–H groups in total. The highest BCUT2D eigenvalue weighted by atomic mass is 19.1. The monoisotopic (exact) mass is 594 g/mol. The van der Waals surface area contributed by atoms with Crippen LogP contribution in [0.15, 0.2) is 115 Å². The fourth-order valence-corrected chi connectivity index (χ4v) is 4.67. The lowest BCUT2D eigenvalue weighted by atomic mass is 10.00. The maximum absolute atomic E-state index is 13.8. The minimum Gasteiger partial charge on any atom is -0.494 e. The summed E-state index contributed by atoms with van der Waals surface area (Å²) in [7, 11) is 1.33. The summed E-state index contributed by atoms with van der Waals surface area (Å²) in [5.74, 6) is -0.686. The molecule has 226 valence electrons. The van der Waals surface area contributed by atoms with E-state index in [9.17, 15) is 18.8 Å². The predicted molar refractivity (Wildman–Crippen MR) is 170 cm³/mol. The van der Waals surface area contributed by atoms with Crippen molar-refractivity contribution in [3.8, 4) is 5.75 Å². The van der Waals surface area contributed by atoms with Crippen molar-refractivity contribution >= 4 is 29.0 Å². The Morgan fingerprint density at radius 3 is 2.30 bits per heavy atom. The largest absolute Gasteiger partial charge is 0.494 e. The highest BCUT2D eigenvalue weighted by Crippen LogP contribution is 2.23. The molecule has 0 aliphatic carbocycles. The number of carbonyl (C=O) groups excluding carboxylic acids is 3. The number of esters is 1. The third-order valence-corrected chi connectivity index (χ3v) is 6.91. The summed E-state index contributed by atoms with van der Waals surface area (Å²) >= 11 is 0. The van der Waals surface area contributed by atoms with Crippen LogP contribution in [0.5, 0.6) is 5.75 Å². The number of amides is 1. The van der Waals surface area contributed by atoms with Gasteiger partial charge in [-0.3, -0.25) is 9.59 Å². The second kappa shape index (κ2) is 15.3. The van der Waals surface area contributed by atoms with Crippen molar-refractivity contribution in [2.75, 3.05) is 30.5 Å². The predicted octanol–water partition coefficient (Wildman–Crippen LogP) is 6.63. The van der Waals surface area contributed by atoms with Gasteiger partial charge in [0.25, 0.3) is 5.91 Å². The average Bonchev–Trinajstić information content (AvgIpc) is 3.04. The Balaban J connectivity index is 1.37. The highest BCUT2D eigenvalue weighted by Gasteiger charge is 2.23. The van der Waals surface area contributed by atoms with Gasteiger partial charge < -0.3 is 19.7 Å². The zero-order valence-corrected chi connectivity index (χ0v) is 24.8. The zero-order chi connectivity index (χ0) is 31.5. The molecule has 0 fully saturated rings. The van der Waals surface area contributed by atoms with Crippen molar-refractivity contribution in [2.24, 2.45) is 0 Å². The van der Waals surface area contributed by atoms with Crippen LogP contribution < -0.4 is 15.0 Å². The van der Waals surface area contributed by atoms with E-state index in [4.69, 9.17) is 9.47 Å². The van der Waals surface area contributed by atoms with E-state index >= 15 is 0 Å². The lowest BCUT2D eigenvalue weighted by Crippen LogP contribution is -2.33. The number of anilines is 2. The standard InChI is InChI=1S/C36H35FN2O5/c1-25(2)35(41)39(29-14-9-13-28(37)24-29)21-10-22-44-30-19-17-26(18-20-30)23-33(36(42)43-3)38-32-16-8-7-15-31(32)34(40)27-11-5-4-6-12-27/h4-9,11-20,24,33,38H,1,10,21-23H2,2-3H3/t33-/m0/s1. The molecule has 0 aliphatic heterocycles. The molecule has 0 bridgehead atoms. The third kappa shape index (κ3) is 8.41. The number of rotatable bonds is 14. The molecule has 0 radical (unpaired) electrons. The molecule has 0 heterocycles. The number of carbonyl (C=O) groups is 3. The van der Waals surface area contributed by atoms with E-state index in [2.05, 4.69) is 11.9 Å². The first-order valence-electron chi connectivity index (χ1n) is 14.2. The van der Waals surface area contributed by atoms with Gasteiger partial charge in [-0.15, -0.1) is 0 Å². The second-order valence-corrected chi connectivity index (χ2v) is 10.2. The quantitative estimate of drug-likeness (QED) is 0.0764. The Morgan fingerprint density at radius 2 is 1.61 bits per heavy atom. The summed E-state index contributed by atoms with van der Waals surface area (Å²) in [5.41, 5.74) is 3.22. The molecule has 1 atom stereocenters. The van der Waals surface area contributed by atoms with Crippen LogP contribution in [-0.4, -0.2) is 44.0 Å². The van der Waals surface area contributed by atoms with Crippen LogP contribution in [0.25, 0.3) is 0 Å². The molecule has 44 heavy (non-hydrogen) atoms. The molecule has 0 spiro atoms. The number of halogens is 1. The summed E-state index contributed by atoms with van der Waals surface area (Å²) in [6, 6.07) is 28.5. The molecule has 8 heteroatoms. The number of benzene rings is 4. The molecule has 1 amide bonds. The number of para-hydroxylation sites is 1. The first-order chi connectivity index (χ1) is 21.3. The van der Waals surface area contributed by atoms with E-state index in [1.807, 2.05) is 18.2 Å². The van der Waals surface area contributed by atoms with Crippen LogP contribution in [0.4, 0.5) is 15.8 Å². The fourth-order valence-electron chi connectivity index (χ4n) is 4.67. The van der Waals surface area contributed by atoms with Crippen molar-refractivity contribution in [1.29, 1.82) is 0 Å². The molecule has 0 saturated heterocycles. The summed E-state index contributed by atoms with van der Waals surface area (Å²) in [5, 5.41) is 3.21. The normalized spacial score (nSPS) is 11.2. The van der Waals surface area contributed by atoms with Gasteiger partial charge >= 0.3 is 5.97 Å². The van der Waals surface area contributed by atoms with Crippen LogP contribution in [-0.2, 0) is 20.7 Å². The van der Waals surface area contributed by atoms with E-state index in [1.165, 1.54) is 24.1 Å². The van der Waals surface area contributed by atoms with Gasteiger partial charge in [-0.2, -0.15) is 0 Å². The third-order valence-electron chi connectivity index (χ3n) is 6.91. The number of nitrogens with one attached hydrogen (secondary N) is 1. The van der Waals surface area contributed by atoms with Gasteiger partial charge in [0.1, 0.15) is 17.6 Å². The van der Waals surface area contributed by atoms with Crippen molar-refractivity contribution in [3.05, 3.63) is 138 Å². The van der Waals surface area contributed by atoms with E-state index in [0.717, 1.165) is 5.56 Å². The van der Waals surface area contributed by atoms with Crippen LogP contribution in [0.1, 0.15) is 34.8 Å². The van der Waals surface area contributed by atoms with Gasteiger partial charge in [0, 0.05) is 41.0 Å². The molecule has 0 aromatic heterocycles. The summed E-state index contributed by atoms with van der Waals surface area (Å²) < 4.78 is 24.7.